The van der Waals surface area contributed by atoms with Crippen molar-refractivity contribution in [2.45, 2.75) is 189 Å². The summed E-state index contributed by atoms with van der Waals surface area (Å²) in [5.41, 5.74) is 0.939. The van der Waals surface area contributed by atoms with Gasteiger partial charge in [-0.05, 0) is 49.7 Å². The van der Waals surface area contributed by atoms with Crippen LogP contribution in [0.25, 0.3) is 0 Å². The summed E-state index contributed by atoms with van der Waals surface area (Å²) in [6.07, 6.45) is 7.70. The van der Waals surface area contributed by atoms with Crippen LogP contribution in [0, 0.1) is 17.3 Å². The van der Waals surface area contributed by atoms with Gasteiger partial charge in [0.1, 0.15) is 48.7 Å². The van der Waals surface area contributed by atoms with Crippen LogP contribution in [0.15, 0.2) is 24.0 Å². The molecule has 0 saturated carbocycles. The molecule has 0 aliphatic carbocycles. The number of methoxy groups -OCH3 is 1. The zero-order valence-corrected chi connectivity index (χ0v) is 30.6. The van der Waals surface area contributed by atoms with Gasteiger partial charge in [0.15, 0.2) is 5.79 Å². The molecule has 0 aromatic carbocycles. The van der Waals surface area contributed by atoms with E-state index in [1.165, 1.54) is 0 Å². The first-order chi connectivity index (χ1) is 24.5. The summed E-state index contributed by atoms with van der Waals surface area (Å²) in [5, 5.41) is 0. The molecule has 12 bridgehead atoms. The maximum absolute atomic E-state index is 14.0. The molecule has 10 aliphatic heterocycles. The fourth-order valence-corrected chi connectivity index (χ4v) is 11.1. The largest absolute Gasteiger partial charge is 0.494 e. The van der Waals surface area contributed by atoms with Gasteiger partial charge in [0, 0.05) is 63.4 Å². The second-order valence-electron chi connectivity index (χ2n) is 17.6. The minimum atomic E-state index is -0.800. The zero-order chi connectivity index (χ0) is 35.2. The molecule has 10 aliphatic rings. The molecular weight excluding hydrogens is 656 g/mol. The van der Waals surface area contributed by atoms with E-state index in [-0.39, 0.29) is 122 Å². The maximum atomic E-state index is 14.0. The predicted octanol–water partition coefficient (Wildman–Crippen LogP) is 4.91. The average Bonchev–Trinajstić information content (AvgIpc) is 3.74. The quantitative estimate of drug-likeness (QED) is 0.294. The van der Waals surface area contributed by atoms with E-state index in [1.807, 2.05) is 0 Å². The van der Waals surface area contributed by atoms with Gasteiger partial charge < -0.3 is 47.4 Å². The molecule has 0 radical (unpaired) electrons. The summed E-state index contributed by atoms with van der Waals surface area (Å²) in [6, 6.07) is 0. The Bertz CT molecular complexity index is 1410. The van der Waals surface area contributed by atoms with Crippen molar-refractivity contribution in [3.8, 4) is 0 Å². The number of Topliss-reactive ketones (excluding diaryl/α,β-unsaturated/α-hetero) is 1. The number of ether oxygens (including phenoxy) is 9. The lowest BCUT2D eigenvalue weighted by molar-refractivity contribution is -0.292. The Morgan fingerprint density at radius 2 is 1.67 bits per heavy atom. The summed E-state index contributed by atoms with van der Waals surface area (Å²) < 4.78 is 59.8. The van der Waals surface area contributed by atoms with Gasteiger partial charge in [-0.2, -0.15) is 0 Å². The van der Waals surface area contributed by atoms with Gasteiger partial charge >= 0.3 is 0 Å². The first-order valence-corrected chi connectivity index (χ1v) is 19.7. The van der Waals surface area contributed by atoms with Crippen LogP contribution in [0.2, 0.25) is 0 Å². The van der Waals surface area contributed by atoms with Crippen molar-refractivity contribution in [3.63, 3.8) is 0 Å². The van der Waals surface area contributed by atoms with Crippen LogP contribution in [0.3, 0.4) is 0 Å². The van der Waals surface area contributed by atoms with Crippen LogP contribution in [-0.4, -0.2) is 110 Å². The molecule has 0 N–H and O–H groups in total. The Morgan fingerprint density at radius 1 is 0.882 bits per heavy atom. The average molecular weight is 713 g/mol. The lowest BCUT2D eigenvalue weighted by Crippen LogP contribution is -2.61. The van der Waals surface area contributed by atoms with Crippen molar-refractivity contribution >= 4 is 12.1 Å². The third kappa shape index (κ3) is 6.19. The number of hydrogen-bond donors (Lipinski definition) is 0. The highest BCUT2D eigenvalue weighted by molar-refractivity contribution is 5.79. The molecule has 0 aromatic rings. The van der Waals surface area contributed by atoms with Crippen LogP contribution < -0.4 is 0 Å². The Kier molecular flexibility index (Phi) is 9.10. The fourth-order valence-electron chi connectivity index (χ4n) is 11.1. The summed E-state index contributed by atoms with van der Waals surface area (Å²) in [7, 11) is 1.64. The minimum Gasteiger partial charge on any atom is -0.494 e. The molecule has 0 aromatic heterocycles. The smallest absolute Gasteiger partial charge is 0.172 e. The number of aldehydes is 1. The Balaban J connectivity index is 1.01. The third-order valence-electron chi connectivity index (χ3n) is 13.8. The monoisotopic (exact) mass is 712 g/mol. The van der Waals surface area contributed by atoms with E-state index in [4.69, 9.17) is 42.6 Å². The first kappa shape index (κ1) is 35.0. The second-order valence-corrected chi connectivity index (χ2v) is 17.6. The lowest BCUT2D eigenvalue weighted by Gasteiger charge is -2.47. The van der Waals surface area contributed by atoms with Gasteiger partial charge in [0.2, 0.25) is 0 Å². The summed E-state index contributed by atoms with van der Waals surface area (Å²) in [6.45, 7) is 11.2. The normalized spacial score (nSPS) is 51.7. The van der Waals surface area contributed by atoms with Gasteiger partial charge in [0.25, 0.3) is 0 Å². The van der Waals surface area contributed by atoms with E-state index in [0.717, 1.165) is 49.7 Å². The highest BCUT2D eigenvalue weighted by Gasteiger charge is 2.68. The van der Waals surface area contributed by atoms with E-state index in [1.54, 1.807) is 7.11 Å². The van der Waals surface area contributed by atoms with E-state index in [0.29, 0.717) is 25.7 Å². The molecule has 10 heterocycles. The van der Waals surface area contributed by atoms with Gasteiger partial charge in [-0.1, -0.05) is 27.4 Å². The Morgan fingerprint density at radius 3 is 2.49 bits per heavy atom. The SMILES string of the molecule is C=C1C(C)C[C@@H]2CC[C@@H]3OC(=CC3(C)C)CC[C@@]34C[C@H]5OC6C(O3)[C@H]3OC(CCC3O[C@H]6C5O4)CC(=O)CC3[C@H](CC1O2)O[C@H](CC=O)[C@@H]3OC. The summed E-state index contributed by atoms with van der Waals surface area (Å²) >= 11 is 0. The van der Waals surface area contributed by atoms with Crippen LogP contribution >= 0.6 is 0 Å². The molecule has 51 heavy (non-hydrogen) atoms. The standard InChI is InChI=1S/C40H56O11/c1-20-14-23-7-9-32-39(3,4)18-25(45-32)10-12-40-19-31-35(50-40)36-37(49-31)38(51-40)34-27(48-36)8-6-24(46-34)15-22(42)16-26-30(17-29(44-23)21(20)2)47-28(11-13-41)33(26)43-5/h13,18,20,23-24,26-38H,2,6-12,14-17,19H2,1,3-5H3/t20?,23-,24?,26?,27?,28+,29?,30-,31+,32-,33+,34-,35?,36-,37?,38?,40-/m0/s1. The molecule has 17 atom stereocenters. The van der Waals surface area contributed by atoms with Crippen LogP contribution in [0.4, 0.5) is 0 Å². The number of allylic oxidation sites excluding steroid dienone is 1. The third-order valence-corrected chi connectivity index (χ3v) is 13.8. The van der Waals surface area contributed by atoms with Crippen LogP contribution in [0.1, 0.15) is 97.8 Å². The molecule has 9 saturated heterocycles. The van der Waals surface area contributed by atoms with Crippen LogP contribution in [0.5, 0.6) is 0 Å². The lowest BCUT2D eigenvalue weighted by atomic mass is 9.80. The summed E-state index contributed by atoms with van der Waals surface area (Å²) in [4.78, 5) is 25.7. The van der Waals surface area contributed by atoms with Crippen molar-refractivity contribution in [2.24, 2.45) is 17.3 Å². The fraction of sp³-hybridized carbons (Fsp3) is 0.850. The van der Waals surface area contributed by atoms with Crippen molar-refractivity contribution in [1.29, 1.82) is 0 Å². The maximum Gasteiger partial charge on any atom is 0.172 e. The van der Waals surface area contributed by atoms with Gasteiger partial charge in [-0.3, -0.25) is 4.79 Å². The molecule has 11 heteroatoms. The van der Waals surface area contributed by atoms with Gasteiger partial charge in [0.05, 0.1) is 54.6 Å². The highest BCUT2D eigenvalue weighted by atomic mass is 16.8. The molecule has 9 fully saturated rings. The summed E-state index contributed by atoms with van der Waals surface area (Å²) in [5.74, 6) is 0.360. The number of carbonyl (C=O) groups is 2. The van der Waals surface area contributed by atoms with E-state index in [2.05, 4.69) is 33.4 Å². The highest BCUT2D eigenvalue weighted by Crippen LogP contribution is 2.55. The predicted molar refractivity (Wildman–Crippen MR) is 182 cm³/mol. The molecule has 282 valence electrons. The molecule has 1 spiro atoms. The van der Waals surface area contributed by atoms with Crippen molar-refractivity contribution < 1.29 is 52.2 Å². The number of hydrogen-bond acceptors (Lipinski definition) is 11. The van der Waals surface area contributed by atoms with Gasteiger partial charge in [-0.25, -0.2) is 0 Å². The second kappa shape index (κ2) is 13.3. The topological polar surface area (TPSA) is 117 Å². The molecule has 8 unspecified atom stereocenters. The minimum absolute atomic E-state index is 0.0369. The van der Waals surface area contributed by atoms with Crippen LogP contribution in [-0.2, 0) is 52.2 Å². The first-order valence-electron chi connectivity index (χ1n) is 19.7. The van der Waals surface area contributed by atoms with E-state index >= 15 is 0 Å². The number of fused-ring (bicyclic) bond motifs is 6. The number of rotatable bonds is 3. The zero-order valence-electron chi connectivity index (χ0n) is 30.6. The van der Waals surface area contributed by atoms with Crippen molar-refractivity contribution in [3.05, 3.63) is 24.0 Å². The molecule has 11 nitrogen and oxygen atoms in total. The van der Waals surface area contributed by atoms with E-state index < -0.39 is 11.9 Å². The molecule has 10 rings (SSSR count). The van der Waals surface area contributed by atoms with Crippen molar-refractivity contribution in [2.75, 3.05) is 7.11 Å². The molecule has 0 amide bonds. The van der Waals surface area contributed by atoms with Gasteiger partial charge in [-0.15, -0.1) is 0 Å². The van der Waals surface area contributed by atoms with Crippen molar-refractivity contribution in [1.82, 2.24) is 0 Å². The Hall–Kier alpha value is -1.70. The number of ketones is 1. The Labute approximate surface area is 301 Å². The number of carbonyl (C=O) groups excluding carboxylic acids is 2. The van der Waals surface area contributed by atoms with E-state index in [9.17, 15) is 9.59 Å². The molecular formula is C40H56O11.